The molecule has 0 unspecified atom stereocenters. The first kappa shape index (κ1) is 19.9. The minimum atomic E-state index is -1.04. The topological polar surface area (TPSA) is 88.9 Å². The monoisotopic (exact) mass is 443 g/mol. The molecule has 1 aromatic carbocycles. The minimum absolute atomic E-state index is 0.0359. The standard InChI is InChI=1S/C19H19Cl2NO5S/c20-12-3-1-9(5-13(12)21)26-7-11-10-2-4-16(27-17(10)6-15(11)23)18-22-14(8-28-18)19(24)25/h1,3,5,8,10-11,15-17,23H,2,4,6-7H2,(H,24,25)/t10-,11-,15+,16-,17+/m1/s1. The Morgan fingerprint density at radius 1 is 1.32 bits per heavy atom. The van der Waals surface area contributed by atoms with Gasteiger partial charge < -0.3 is 19.7 Å². The molecule has 1 saturated carbocycles. The van der Waals surface area contributed by atoms with E-state index in [1.54, 1.807) is 18.2 Å². The highest BCUT2D eigenvalue weighted by molar-refractivity contribution is 7.09. The summed E-state index contributed by atoms with van der Waals surface area (Å²) in [4.78, 5) is 15.2. The fourth-order valence-electron chi connectivity index (χ4n) is 4.04. The average molecular weight is 444 g/mol. The molecule has 6 nitrogen and oxygen atoms in total. The van der Waals surface area contributed by atoms with Crippen LogP contribution in [0.15, 0.2) is 23.6 Å². The van der Waals surface area contributed by atoms with Gasteiger partial charge in [-0.1, -0.05) is 23.2 Å². The summed E-state index contributed by atoms with van der Waals surface area (Å²) in [7, 11) is 0. The first-order chi connectivity index (χ1) is 13.4. The lowest BCUT2D eigenvalue weighted by Gasteiger charge is -2.33. The maximum absolute atomic E-state index is 11.0. The summed E-state index contributed by atoms with van der Waals surface area (Å²) in [5, 5.41) is 22.7. The van der Waals surface area contributed by atoms with Gasteiger partial charge in [-0.15, -0.1) is 11.3 Å². The number of hydrogen-bond acceptors (Lipinski definition) is 6. The Morgan fingerprint density at radius 2 is 2.14 bits per heavy atom. The van der Waals surface area contributed by atoms with Gasteiger partial charge >= 0.3 is 5.97 Å². The molecule has 150 valence electrons. The number of aliphatic hydroxyl groups is 1. The molecule has 2 aliphatic rings. The van der Waals surface area contributed by atoms with E-state index in [0.717, 1.165) is 12.8 Å². The van der Waals surface area contributed by atoms with E-state index in [2.05, 4.69) is 4.98 Å². The predicted molar refractivity (Wildman–Crippen MR) is 105 cm³/mol. The van der Waals surface area contributed by atoms with Crippen LogP contribution in [0.25, 0.3) is 0 Å². The van der Waals surface area contributed by atoms with Crippen molar-refractivity contribution in [3.05, 3.63) is 44.3 Å². The molecule has 2 N–H and O–H groups in total. The molecule has 0 bridgehead atoms. The van der Waals surface area contributed by atoms with Gasteiger partial charge in [0.2, 0.25) is 0 Å². The Morgan fingerprint density at radius 3 is 2.86 bits per heavy atom. The molecule has 2 aromatic rings. The SMILES string of the molecule is O=C(O)c1csc([C@H]2CC[C@@H]3[C@@H](COc4ccc(Cl)c(Cl)c4)[C@@H](O)C[C@@H]3O2)n1. The van der Waals surface area contributed by atoms with Crippen LogP contribution in [0.2, 0.25) is 10.0 Å². The lowest BCUT2D eigenvalue weighted by molar-refractivity contribution is -0.0811. The Hall–Kier alpha value is -1.38. The third-order valence-corrected chi connectivity index (χ3v) is 7.12. The van der Waals surface area contributed by atoms with Crippen LogP contribution in [-0.4, -0.2) is 40.0 Å². The number of thiazole rings is 1. The molecule has 2 heterocycles. The number of carboxylic acid groups (broad SMARTS) is 1. The summed E-state index contributed by atoms with van der Waals surface area (Å²) in [5.41, 5.74) is 0.0464. The maximum Gasteiger partial charge on any atom is 0.355 e. The van der Waals surface area contributed by atoms with E-state index >= 15 is 0 Å². The number of aromatic nitrogens is 1. The van der Waals surface area contributed by atoms with Crippen LogP contribution in [0.3, 0.4) is 0 Å². The summed E-state index contributed by atoms with van der Waals surface area (Å²) in [6.45, 7) is 0.370. The van der Waals surface area contributed by atoms with E-state index < -0.39 is 12.1 Å². The summed E-state index contributed by atoms with van der Waals surface area (Å²) in [6, 6.07) is 5.10. The average Bonchev–Trinajstić information content (AvgIpc) is 3.27. The minimum Gasteiger partial charge on any atom is -0.493 e. The Balaban J connectivity index is 1.39. The zero-order valence-electron chi connectivity index (χ0n) is 14.8. The van der Waals surface area contributed by atoms with Crippen LogP contribution in [0.1, 0.15) is 40.9 Å². The van der Waals surface area contributed by atoms with E-state index in [1.807, 2.05) is 0 Å². The summed E-state index contributed by atoms with van der Waals surface area (Å²) < 4.78 is 12.0. The van der Waals surface area contributed by atoms with Crippen molar-refractivity contribution in [1.29, 1.82) is 0 Å². The molecule has 0 amide bonds. The number of carboxylic acids is 1. The van der Waals surface area contributed by atoms with Crippen molar-refractivity contribution in [2.24, 2.45) is 11.8 Å². The van der Waals surface area contributed by atoms with Crippen LogP contribution < -0.4 is 4.74 Å². The zero-order chi connectivity index (χ0) is 19.8. The third kappa shape index (κ3) is 4.00. The first-order valence-corrected chi connectivity index (χ1v) is 10.7. The van der Waals surface area contributed by atoms with Crippen LogP contribution >= 0.6 is 34.5 Å². The van der Waals surface area contributed by atoms with E-state index in [9.17, 15) is 9.90 Å². The predicted octanol–water partition coefficient (Wildman–Crippen LogP) is 4.44. The van der Waals surface area contributed by atoms with Gasteiger partial charge in [-0.05, 0) is 30.9 Å². The van der Waals surface area contributed by atoms with Gasteiger partial charge in [0, 0.05) is 23.8 Å². The first-order valence-electron chi connectivity index (χ1n) is 9.02. The van der Waals surface area contributed by atoms with Crippen molar-refractivity contribution in [3.8, 4) is 5.75 Å². The fraction of sp³-hybridized carbons (Fsp3) is 0.474. The van der Waals surface area contributed by atoms with E-state index in [1.165, 1.54) is 16.7 Å². The third-order valence-electron chi connectivity index (χ3n) is 5.45. The van der Waals surface area contributed by atoms with E-state index in [0.29, 0.717) is 33.8 Å². The Labute approximate surface area is 176 Å². The number of fused-ring (bicyclic) bond motifs is 1. The molecule has 2 fully saturated rings. The Bertz CT molecular complexity index is 876. The highest BCUT2D eigenvalue weighted by Gasteiger charge is 2.47. The summed E-state index contributed by atoms with van der Waals surface area (Å²) in [5.74, 6) is -0.269. The fourth-order valence-corrected chi connectivity index (χ4v) is 5.19. The molecule has 1 saturated heterocycles. The number of aliphatic hydroxyl groups excluding tert-OH is 1. The van der Waals surface area contributed by atoms with Gasteiger partial charge in [0.15, 0.2) is 5.69 Å². The second kappa shape index (κ2) is 8.16. The van der Waals surface area contributed by atoms with Crippen molar-refractivity contribution in [3.63, 3.8) is 0 Å². The van der Waals surface area contributed by atoms with Crippen molar-refractivity contribution in [1.82, 2.24) is 4.98 Å². The van der Waals surface area contributed by atoms with Crippen molar-refractivity contribution >= 4 is 40.5 Å². The number of ether oxygens (including phenoxy) is 2. The van der Waals surface area contributed by atoms with Gasteiger partial charge in [-0.3, -0.25) is 0 Å². The number of carbonyl (C=O) groups is 1. The van der Waals surface area contributed by atoms with Crippen molar-refractivity contribution < 1.29 is 24.5 Å². The molecule has 1 aromatic heterocycles. The van der Waals surface area contributed by atoms with Crippen LogP contribution in [0, 0.1) is 11.8 Å². The van der Waals surface area contributed by atoms with Gasteiger partial charge in [-0.25, -0.2) is 9.78 Å². The van der Waals surface area contributed by atoms with Gasteiger partial charge in [0.1, 0.15) is 16.9 Å². The lowest BCUT2D eigenvalue weighted by atomic mass is 9.87. The molecule has 5 atom stereocenters. The molecule has 9 heteroatoms. The molecule has 1 aliphatic heterocycles. The van der Waals surface area contributed by atoms with Crippen LogP contribution in [0.5, 0.6) is 5.75 Å². The zero-order valence-corrected chi connectivity index (χ0v) is 17.1. The molecular weight excluding hydrogens is 425 g/mol. The largest absolute Gasteiger partial charge is 0.493 e. The number of benzene rings is 1. The molecule has 4 rings (SSSR count). The number of nitrogens with zero attached hydrogens (tertiary/aromatic N) is 1. The van der Waals surface area contributed by atoms with E-state index in [-0.39, 0.29) is 29.7 Å². The van der Waals surface area contributed by atoms with Gasteiger partial charge in [0.25, 0.3) is 0 Å². The Kier molecular flexibility index (Phi) is 5.81. The summed E-state index contributed by atoms with van der Waals surface area (Å²) >= 11 is 13.2. The molecule has 0 spiro atoms. The molecule has 0 radical (unpaired) electrons. The van der Waals surface area contributed by atoms with Crippen LogP contribution in [-0.2, 0) is 4.74 Å². The second-order valence-corrected chi connectivity index (χ2v) is 8.84. The molecule has 1 aliphatic carbocycles. The van der Waals surface area contributed by atoms with Gasteiger partial charge in [-0.2, -0.15) is 0 Å². The smallest absolute Gasteiger partial charge is 0.355 e. The number of hydrogen-bond donors (Lipinski definition) is 2. The van der Waals surface area contributed by atoms with Crippen molar-refractivity contribution in [2.45, 2.75) is 37.6 Å². The van der Waals surface area contributed by atoms with Crippen LogP contribution in [0.4, 0.5) is 0 Å². The summed E-state index contributed by atoms with van der Waals surface area (Å²) in [6.07, 6.45) is 1.32. The normalized spacial score (nSPS) is 29.5. The van der Waals surface area contributed by atoms with Gasteiger partial charge in [0.05, 0.1) is 28.9 Å². The maximum atomic E-state index is 11.0. The molecular formula is C19H19Cl2NO5S. The van der Waals surface area contributed by atoms with Crippen molar-refractivity contribution in [2.75, 3.05) is 6.61 Å². The quantitative estimate of drug-likeness (QED) is 0.709. The molecule has 28 heavy (non-hydrogen) atoms. The second-order valence-electron chi connectivity index (χ2n) is 7.13. The van der Waals surface area contributed by atoms with E-state index in [4.69, 9.17) is 37.8 Å². The lowest BCUT2D eigenvalue weighted by Crippen LogP contribution is -2.33. The number of aromatic carboxylic acids is 1. The number of rotatable bonds is 5. The highest BCUT2D eigenvalue weighted by Crippen LogP contribution is 2.46. The number of halogens is 2. The highest BCUT2D eigenvalue weighted by atomic mass is 35.5.